The molecular formula is C27H24N2O2. The molecule has 0 unspecified atom stereocenters. The first kappa shape index (κ1) is 20.5. The van der Waals surface area contributed by atoms with Crippen molar-refractivity contribution in [2.75, 3.05) is 18.0 Å². The predicted octanol–water partition coefficient (Wildman–Crippen LogP) is 5.59. The number of para-hydroxylation sites is 1. The summed E-state index contributed by atoms with van der Waals surface area (Å²) in [4.78, 5) is 32.1. The van der Waals surface area contributed by atoms with E-state index in [1.165, 1.54) is 0 Å². The number of ketones is 2. The van der Waals surface area contributed by atoms with Crippen LogP contribution in [0.2, 0.25) is 0 Å². The molecule has 31 heavy (non-hydrogen) atoms. The van der Waals surface area contributed by atoms with E-state index >= 15 is 0 Å². The van der Waals surface area contributed by atoms with E-state index in [0.29, 0.717) is 37.1 Å². The standard InChI is InChI=1S/C27H24N2O2/c30-25(22-10-3-1-4-11-22)17-19-29(20-18-26(31)23-12-5-2-6-13-23)27-16-15-21-9-7-8-14-24(21)28-27/h1-16H,17-20H2. The molecule has 4 heteroatoms. The number of carbonyl (C=O) groups is 2. The molecule has 0 amide bonds. The molecule has 1 heterocycles. The molecule has 0 atom stereocenters. The number of benzene rings is 3. The normalized spacial score (nSPS) is 10.7. The van der Waals surface area contributed by atoms with E-state index in [4.69, 9.17) is 4.98 Å². The van der Waals surface area contributed by atoms with Crippen molar-refractivity contribution in [2.24, 2.45) is 0 Å². The number of fused-ring (bicyclic) bond motifs is 1. The fourth-order valence-electron chi connectivity index (χ4n) is 3.58. The zero-order chi connectivity index (χ0) is 21.5. The molecule has 1 aromatic heterocycles. The third-order valence-electron chi connectivity index (χ3n) is 5.32. The molecule has 0 saturated carbocycles. The van der Waals surface area contributed by atoms with Gasteiger partial charge in [0.05, 0.1) is 5.52 Å². The largest absolute Gasteiger partial charge is 0.356 e. The summed E-state index contributed by atoms with van der Waals surface area (Å²) in [5.74, 6) is 0.946. The van der Waals surface area contributed by atoms with E-state index in [-0.39, 0.29) is 11.6 Å². The highest BCUT2D eigenvalue weighted by Gasteiger charge is 2.15. The van der Waals surface area contributed by atoms with Gasteiger partial charge in [-0.2, -0.15) is 0 Å². The molecular weight excluding hydrogens is 384 g/mol. The zero-order valence-electron chi connectivity index (χ0n) is 17.3. The number of aromatic nitrogens is 1. The summed E-state index contributed by atoms with van der Waals surface area (Å²) in [6, 6.07) is 30.5. The van der Waals surface area contributed by atoms with Crippen molar-refractivity contribution in [2.45, 2.75) is 12.8 Å². The Kier molecular flexibility index (Phi) is 6.48. The third-order valence-corrected chi connectivity index (χ3v) is 5.32. The van der Waals surface area contributed by atoms with Crippen LogP contribution < -0.4 is 4.90 Å². The van der Waals surface area contributed by atoms with Crippen LogP contribution in [-0.2, 0) is 0 Å². The van der Waals surface area contributed by atoms with E-state index in [1.807, 2.05) is 102 Å². The first-order valence-corrected chi connectivity index (χ1v) is 10.5. The fourth-order valence-corrected chi connectivity index (χ4v) is 3.58. The first-order valence-electron chi connectivity index (χ1n) is 10.5. The summed E-state index contributed by atoms with van der Waals surface area (Å²) < 4.78 is 0. The maximum absolute atomic E-state index is 12.6. The van der Waals surface area contributed by atoms with Gasteiger partial charge in [-0.15, -0.1) is 0 Å². The minimum absolute atomic E-state index is 0.0841. The van der Waals surface area contributed by atoms with E-state index in [1.54, 1.807) is 0 Å². The van der Waals surface area contributed by atoms with Crippen LogP contribution in [-0.4, -0.2) is 29.6 Å². The lowest BCUT2D eigenvalue weighted by Crippen LogP contribution is -2.29. The molecule has 4 rings (SSSR count). The number of hydrogen-bond donors (Lipinski definition) is 0. The van der Waals surface area contributed by atoms with Gasteiger partial charge in [0.25, 0.3) is 0 Å². The van der Waals surface area contributed by atoms with Gasteiger partial charge >= 0.3 is 0 Å². The lowest BCUT2D eigenvalue weighted by molar-refractivity contribution is 0.0983. The number of hydrogen-bond acceptors (Lipinski definition) is 4. The van der Waals surface area contributed by atoms with Crippen LogP contribution in [0.15, 0.2) is 97.1 Å². The molecule has 0 saturated heterocycles. The van der Waals surface area contributed by atoms with Crippen molar-refractivity contribution in [3.63, 3.8) is 0 Å². The Labute approximate surface area is 182 Å². The molecule has 3 aromatic carbocycles. The Morgan fingerprint density at radius 1 is 0.613 bits per heavy atom. The highest BCUT2D eigenvalue weighted by Crippen LogP contribution is 2.19. The van der Waals surface area contributed by atoms with Crippen LogP contribution in [0.3, 0.4) is 0 Å². The average Bonchev–Trinajstić information content (AvgIpc) is 2.84. The molecule has 0 aliphatic carbocycles. The summed E-state index contributed by atoms with van der Waals surface area (Å²) in [6.07, 6.45) is 0.718. The van der Waals surface area contributed by atoms with Crippen molar-refractivity contribution in [3.05, 3.63) is 108 Å². The number of anilines is 1. The molecule has 4 nitrogen and oxygen atoms in total. The average molecular weight is 409 g/mol. The molecule has 0 radical (unpaired) electrons. The highest BCUT2D eigenvalue weighted by atomic mass is 16.1. The van der Waals surface area contributed by atoms with Crippen molar-refractivity contribution < 1.29 is 9.59 Å². The van der Waals surface area contributed by atoms with Crippen LogP contribution >= 0.6 is 0 Å². The monoisotopic (exact) mass is 408 g/mol. The van der Waals surface area contributed by atoms with Gasteiger partial charge in [0, 0.05) is 42.4 Å². The third kappa shape index (κ3) is 5.23. The molecule has 0 spiro atoms. The predicted molar refractivity (Wildman–Crippen MR) is 125 cm³/mol. The van der Waals surface area contributed by atoms with E-state index < -0.39 is 0 Å². The summed E-state index contributed by atoms with van der Waals surface area (Å²) in [6.45, 7) is 1.00. The lowest BCUT2D eigenvalue weighted by atomic mass is 10.1. The molecule has 0 fully saturated rings. The molecule has 0 bridgehead atoms. The van der Waals surface area contributed by atoms with E-state index in [2.05, 4.69) is 0 Å². The van der Waals surface area contributed by atoms with Crippen molar-refractivity contribution >= 4 is 28.3 Å². The van der Waals surface area contributed by atoms with Crippen molar-refractivity contribution in [3.8, 4) is 0 Å². The van der Waals surface area contributed by atoms with Crippen LogP contribution in [0.25, 0.3) is 10.9 Å². The molecule has 4 aromatic rings. The topological polar surface area (TPSA) is 50.3 Å². The quantitative estimate of drug-likeness (QED) is 0.339. The second kappa shape index (κ2) is 9.81. The number of Topliss-reactive ketones (excluding diaryl/α,β-unsaturated/α-hetero) is 2. The van der Waals surface area contributed by atoms with Gasteiger partial charge in [-0.25, -0.2) is 4.98 Å². The van der Waals surface area contributed by atoms with Crippen LogP contribution in [0.4, 0.5) is 5.82 Å². The number of rotatable bonds is 9. The highest BCUT2D eigenvalue weighted by molar-refractivity contribution is 5.97. The molecule has 0 aliphatic rings. The van der Waals surface area contributed by atoms with Crippen LogP contribution in [0.5, 0.6) is 0 Å². The molecule has 0 aliphatic heterocycles. The van der Waals surface area contributed by atoms with Gasteiger partial charge in [0.1, 0.15) is 5.82 Å². The Hall–Kier alpha value is -3.79. The van der Waals surface area contributed by atoms with Gasteiger partial charge in [-0.1, -0.05) is 78.9 Å². The van der Waals surface area contributed by atoms with Gasteiger partial charge < -0.3 is 4.90 Å². The number of carbonyl (C=O) groups excluding carboxylic acids is 2. The van der Waals surface area contributed by atoms with Gasteiger partial charge in [-0.3, -0.25) is 9.59 Å². The Balaban J connectivity index is 1.52. The van der Waals surface area contributed by atoms with Crippen molar-refractivity contribution in [1.82, 2.24) is 4.98 Å². The SMILES string of the molecule is O=C(CCN(CCC(=O)c1ccccc1)c1ccc2ccccc2n1)c1ccccc1. The summed E-state index contributed by atoms with van der Waals surface area (Å²) in [7, 11) is 0. The smallest absolute Gasteiger partial charge is 0.164 e. The molecule has 0 N–H and O–H groups in total. The van der Waals surface area contributed by atoms with E-state index in [9.17, 15) is 9.59 Å². The van der Waals surface area contributed by atoms with Gasteiger partial charge in [0.15, 0.2) is 11.6 Å². The van der Waals surface area contributed by atoms with Gasteiger partial charge in [-0.05, 0) is 18.2 Å². The Bertz CT molecular complexity index is 1120. The second-order valence-electron chi connectivity index (χ2n) is 7.43. The lowest BCUT2D eigenvalue weighted by Gasteiger charge is -2.23. The first-order chi connectivity index (χ1) is 15.2. The summed E-state index contributed by atoms with van der Waals surface area (Å²) >= 11 is 0. The molecule has 154 valence electrons. The minimum atomic E-state index is 0.0841. The minimum Gasteiger partial charge on any atom is -0.356 e. The van der Waals surface area contributed by atoms with Crippen LogP contribution in [0.1, 0.15) is 33.6 Å². The van der Waals surface area contributed by atoms with Crippen molar-refractivity contribution in [1.29, 1.82) is 0 Å². The van der Waals surface area contributed by atoms with E-state index in [0.717, 1.165) is 16.7 Å². The zero-order valence-corrected chi connectivity index (χ0v) is 17.3. The summed E-state index contributed by atoms with van der Waals surface area (Å²) in [5, 5.41) is 1.06. The Morgan fingerprint density at radius 2 is 1.13 bits per heavy atom. The number of pyridine rings is 1. The Morgan fingerprint density at radius 3 is 1.71 bits per heavy atom. The summed E-state index contributed by atoms with van der Waals surface area (Å²) in [5.41, 5.74) is 2.30. The maximum Gasteiger partial charge on any atom is 0.164 e. The van der Waals surface area contributed by atoms with Crippen LogP contribution in [0, 0.1) is 0 Å². The second-order valence-corrected chi connectivity index (χ2v) is 7.43. The van der Waals surface area contributed by atoms with Gasteiger partial charge in [0.2, 0.25) is 0 Å². The maximum atomic E-state index is 12.6. The fraction of sp³-hybridized carbons (Fsp3) is 0.148. The number of nitrogens with zero attached hydrogens (tertiary/aromatic N) is 2.